The summed E-state index contributed by atoms with van der Waals surface area (Å²) in [5, 5.41) is 1.04. The van der Waals surface area contributed by atoms with E-state index in [1.165, 1.54) is 38.8 Å². The van der Waals surface area contributed by atoms with Crippen molar-refractivity contribution in [1.82, 2.24) is 4.90 Å². The SMILES string of the molecule is COc1ccc2c(Oc3ccc(OCCN4CCCCCC4)cc3)c(C3=CCC(C=O)C=C3)sc2c1. The lowest BCUT2D eigenvalue weighted by molar-refractivity contribution is -0.109. The number of ether oxygens (including phenoxy) is 3. The largest absolute Gasteiger partial charge is 0.497 e. The molecule has 2 aliphatic rings. The number of benzene rings is 2. The summed E-state index contributed by atoms with van der Waals surface area (Å²) in [7, 11) is 1.68. The van der Waals surface area contributed by atoms with E-state index in [1.54, 1.807) is 18.4 Å². The van der Waals surface area contributed by atoms with Crippen LogP contribution in [0.5, 0.6) is 23.0 Å². The van der Waals surface area contributed by atoms with Gasteiger partial charge in [0.2, 0.25) is 0 Å². The number of carbonyl (C=O) groups excluding carboxylic acids is 1. The van der Waals surface area contributed by atoms with Crippen molar-refractivity contribution in [1.29, 1.82) is 0 Å². The molecule has 0 amide bonds. The molecule has 2 aromatic carbocycles. The van der Waals surface area contributed by atoms with Gasteiger partial charge in [0.15, 0.2) is 5.75 Å². The number of nitrogens with zero attached hydrogens (tertiary/aromatic N) is 1. The van der Waals surface area contributed by atoms with Gasteiger partial charge in [-0.25, -0.2) is 0 Å². The van der Waals surface area contributed by atoms with Gasteiger partial charge in [-0.1, -0.05) is 31.1 Å². The van der Waals surface area contributed by atoms with Gasteiger partial charge in [-0.15, -0.1) is 11.3 Å². The molecule has 6 heteroatoms. The molecule has 1 saturated heterocycles. The number of thiophene rings is 1. The van der Waals surface area contributed by atoms with E-state index in [2.05, 4.69) is 11.0 Å². The van der Waals surface area contributed by atoms with Crippen molar-refractivity contribution < 1.29 is 19.0 Å². The van der Waals surface area contributed by atoms with E-state index >= 15 is 0 Å². The summed E-state index contributed by atoms with van der Waals surface area (Å²) in [6, 6.07) is 13.9. The molecule has 0 radical (unpaired) electrons. The number of likely N-dealkylation sites (tertiary alicyclic amines) is 1. The summed E-state index contributed by atoms with van der Waals surface area (Å²) in [4.78, 5) is 14.7. The highest BCUT2D eigenvalue weighted by Crippen LogP contribution is 2.46. The third kappa shape index (κ3) is 5.82. The van der Waals surface area contributed by atoms with Crippen LogP contribution in [0.1, 0.15) is 37.0 Å². The molecular formula is C30H33NO4S. The van der Waals surface area contributed by atoms with Crippen LogP contribution in [-0.4, -0.2) is 44.5 Å². The molecule has 5 rings (SSSR count). The monoisotopic (exact) mass is 503 g/mol. The number of aldehydes is 1. The molecule has 0 N–H and O–H groups in total. The summed E-state index contributed by atoms with van der Waals surface area (Å²) in [5.41, 5.74) is 1.08. The van der Waals surface area contributed by atoms with E-state index in [4.69, 9.17) is 14.2 Å². The Balaban J connectivity index is 1.31. The van der Waals surface area contributed by atoms with Crippen LogP contribution in [0.25, 0.3) is 15.7 Å². The quantitative estimate of drug-likeness (QED) is 0.291. The fourth-order valence-electron chi connectivity index (χ4n) is 4.75. The van der Waals surface area contributed by atoms with Crippen LogP contribution >= 0.6 is 11.3 Å². The lowest BCUT2D eigenvalue weighted by atomic mass is 9.97. The molecule has 0 saturated carbocycles. The Labute approximate surface area is 217 Å². The van der Waals surface area contributed by atoms with Crippen LogP contribution in [0.3, 0.4) is 0 Å². The molecule has 0 spiro atoms. The normalized spacial score (nSPS) is 18.5. The Hall–Kier alpha value is -3.09. The highest BCUT2D eigenvalue weighted by Gasteiger charge is 2.20. The highest BCUT2D eigenvalue weighted by atomic mass is 32.1. The van der Waals surface area contributed by atoms with Crippen molar-refractivity contribution in [3.8, 4) is 23.0 Å². The van der Waals surface area contributed by atoms with Crippen LogP contribution in [0, 0.1) is 5.92 Å². The first kappa shape index (κ1) is 24.6. The molecule has 1 aliphatic carbocycles. The van der Waals surface area contributed by atoms with Gasteiger partial charge in [0.1, 0.15) is 30.1 Å². The summed E-state index contributed by atoms with van der Waals surface area (Å²) in [6.45, 7) is 4.03. The minimum atomic E-state index is -0.0560. The first-order chi connectivity index (χ1) is 17.7. The van der Waals surface area contributed by atoms with E-state index in [1.807, 2.05) is 54.6 Å². The first-order valence-electron chi connectivity index (χ1n) is 12.8. The fourth-order valence-corrected chi connectivity index (χ4v) is 5.93. The third-order valence-electron chi connectivity index (χ3n) is 6.84. The molecule has 2 heterocycles. The Morgan fingerprint density at radius 1 is 1.00 bits per heavy atom. The molecule has 0 bridgehead atoms. The van der Waals surface area contributed by atoms with Crippen molar-refractivity contribution in [2.75, 3.05) is 33.4 Å². The number of hydrogen-bond acceptors (Lipinski definition) is 6. The maximum absolute atomic E-state index is 11.2. The number of carbonyl (C=O) groups is 1. The maximum atomic E-state index is 11.2. The lowest BCUT2D eigenvalue weighted by Crippen LogP contribution is -2.29. The highest BCUT2D eigenvalue weighted by molar-refractivity contribution is 7.20. The van der Waals surface area contributed by atoms with Gasteiger partial charge in [0.05, 0.1) is 12.0 Å². The number of allylic oxidation sites excluding steroid dienone is 4. The zero-order valence-electron chi connectivity index (χ0n) is 20.8. The van der Waals surface area contributed by atoms with Gasteiger partial charge in [0.25, 0.3) is 0 Å². The average molecular weight is 504 g/mol. The second kappa shape index (κ2) is 11.8. The molecular weight excluding hydrogens is 470 g/mol. The zero-order valence-corrected chi connectivity index (χ0v) is 21.6. The topological polar surface area (TPSA) is 48.0 Å². The van der Waals surface area contributed by atoms with E-state index in [0.717, 1.165) is 56.4 Å². The number of hydrogen-bond donors (Lipinski definition) is 0. The van der Waals surface area contributed by atoms with Gasteiger partial charge >= 0.3 is 0 Å². The van der Waals surface area contributed by atoms with E-state index in [0.29, 0.717) is 13.0 Å². The smallest absolute Gasteiger partial charge is 0.153 e. The second-order valence-electron chi connectivity index (χ2n) is 9.35. The van der Waals surface area contributed by atoms with Crippen LogP contribution < -0.4 is 14.2 Å². The van der Waals surface area contributed by atoms with E-state index in [-0.39, 0.29) is 5.92 Å². The van der Waals surface area contributed by atoms with Crippen molar-refractivity contribution in [3.63, 3.8) is 0 Å². The van der Waals surface area contributed by atoms with E-state index in [9.17, 15) is 4.79 Å². The van der Waals surface area contributed by atoms with Crippen molar-refractivity contribution in [2.24, 2.45) is 5.92 Å². The van der Waals surface area contributed by atoms with Crippen LogP contribution in [0.4, 0.5) is 0 Å². The molecule has 1 unspecified atom stereocenters. The van der Waals surface area contributed by atoms with Crippen LogP contribution in [0.15, 0.2) is 60.7 Å². The van der Waals surface area contributed by atoms with Gasteiger partial charge in [-0.2, -0.15) is 0 Å². The van der Waals surface area contributed by atoms with Crippen molar-refractivity contribution in [2.45, 2.75) is 32.1 Å². The molecule has 1 atom stereocenters. The first-order valence-corrected chi connectivity index (χ1v) is 13.6. The lowest BCUT2D eigenvalue weighted by Gasteiger charge is -2.19. The molecule has 1 aromatic heterocycles. The van der Waals surface area contributed by atoms with Gasteiger partial charge in [-0.3, -0.25) is 4.90 Å². The van der Waals surface area contributed by atoms with E-state index < -0.39 is 0 Å². The standard InChI is InChI=1S/C30H33NO4S/c1-33-26-14-15-27-28(20-26)36-30(23-8-6-22(21-32)7-9-23)29(27)35-25-12-10-24(11-13-25)34-19-18-31-16-4-2-3-5-17-31/h6,8-15,20-22H,2-5,7,16-19H2,1H3. The van der Waals surface area contributed by atoms with Crippen LogP contribution in [-0.2, 0) is 4.79 Å². The molecule has 3 aromatic rings. The Morgan fingerprint density at radius 2 is 1.75 bits per heavy atom. The van der Waals surface area contributed by atoms with Gasteiger partial charge < -0.3 is 19.0 Å². The predicted molar refractivity (Wildman–Crippen MR) is 147 cm³/mol. The Bertz CT molecular complexity index is 1240. The maximum Gasteiger partial charge on any atom is 0.153 e. The summed E-state index contributed by atoms with van der Waals surface area (Å²) in [6.07, 6.45) is 13.1. The van der Waals surface area contributed by atoms with Crippen LogP contribution in [0.2, 0.25) is 0 Å². The summed E-state index contributed by atoms with van der Waals surface area (Å²) in [5.74, 6) is 3.21. The fraction of sp³-hybridized carbons (Fsp3) is 0.367. The number of fused-ring (bicyclic) bond motifs is 1. The molecule has 5 nitrogen and oxygen atoms in total. The average Bonchev–Trinajstić information content (AvgIpc) is 3.08. The second-order valence-corrected chi connectivity index (χ2v) is 10.4. The van der Waals surface area contributed by atoms with Crippen molar-refractivity contribution >= 4 is 33.3 Å². The minimum absolute atomic E-state index is 0.0560. The number of rotatable bonds is 9. The molecule has 188 valence electrons. The molecule has 1 fully saturated rings. The zero-order chi connectivity index (χ0) is 24.7. The van der Waals surface area contributed by atoms with Gasteiger partial charge in [-0.05, 0) is 80.4 Å². The Morgan fingerprint density at radius 3 is 2.44 bits per heavy atom. The van der Waals surface area contributed by atoms with Gasteiger partial charge in [0, 0.05) is 22.5 Å². The number of methoxy groups -OCH3 is 1. The van der Waals surface area contributed by atoms with Crippen molar-refractivity contribution in [3.05, 3.63) is 65.6 Å². The molecule has 1 aliphatic heterocycles. The molecule has 36 heavy (non-hydrogen) atoms. The third-order valence-corrected chi connectivity index (χ3v) is 8.02. The summed E-state index contributed by atoms with van der Waals surface area (Å²) >= 11 is 1.68. The Kier molecular flexibility index (Phi) is 8.04. The predicted octanol–water partition coefficient (Wildman–Crippen LogP) is 7.12. The minimum Gasteiger partial charge on any atom is -0.497 e. The summed E-state index contributed by atoms with van der Waals surface area (Å²) < 4.78 is 19.0.